The molecule has 0 saturated carbocycles. The van der Waals surface area contributed by atoms with Gasteiger partial charge in [0.2, 0.25) is 0 Å². The molecule has 0 saturated heterocycles. The van der Waals surface area contributed by atoms with Crippen LogP contribution in [0.15, 0.2) is 35.1 Å². The minimum Gasteiger partial charge on any atom is -0.363 e. The van der Waals surface area contributed by atoms with Crippen molar-refractivity contribution < 1.29 is 9.32 Å². The second-order valence-electron chi connectivity index (χ2n) is 2.68. The maximum absolute atomic E-state index is 11.6. The number of aromatic nitrogens is 2. The fraction of sp³-hybridized carbons (Fsp3) is 0. The van der Waals surface area contributed by atoms with Gasteiger partial charge in [-0.15, -0.1) is 0 Å². The lowest BCUT2D eigenvalue weighted by atomic mass is 10.3. The van der Waals surface area contributed by atoms with Gasteiger partial charge in [-0.25, -0.2) is 4.98 Å². The summed E-state index contributed by atoms with van der Waals surface area (Å²) in [6.07, 6.45) is 1.36. The quantitative estimate of drug-likeness (QED) is 0.791. The molecule has 76 valence electrons. The summed E-state index contributed by atoms with van der Waals surface area (Å²) in [5.41, 5.74) is 0.227. The van der Waals surface area contributed by atoms with Gasteiger partial charge in [0.15, 0.2) is 5.82 Å². The molecule has 5 nitrogen and oxygen atoms in total. The molecule has 2 heterocycles. The topological polar surface area (TPSA) is 68.0 Å². The summed E-state index contributed by atoms with van der Waals surface area (Å²) in [4.78, 5) is 15.4. The highest BCUT2D eigenvalue weighted by Crippen LogP contribution is 2.08. The van der Waals surface area contributed by atoms with Crippen molar-refractivity contribution in [3.05, 3.63) is 41.4 Å². The normalized spacial score (nSPS) is 9.93. The molecule has 1 N–H and O–H groups in total. The Balaban J connectivity index is 2.15. The summed E-state index contributed by atoms with van der Waals surface area (Å²) in [6, 6.07) is 6.32. The first-order valence-corrected chi connectivity index (χ1v) is 4.48. The van der Waals surface area contributed by atoms with Crippen LogP contribution in [0.25, 0.3) is 0 Å². The van der Waals surface area contributed by atoms with E-state index in [1.807, 2.05) is 0 Å². The van der Waals surface area contributed by atoms with Crippen LogP contribution in [0.3, 0.4) is 0 Å². The Labute approximate surface area is 90.1 Å². The number of carbonyl (C=O) groups is 1. The zero-order valence-corrected chi connectivity index (χ0v) is 8.23. The average Bonchev–Trinajstić information content (AvgIpc) is 2.70. The van der Waals surface area contributed by atoms with Crippen LogP contribution in [0, 0.1) is 0 Å². The first kappa shape index (κ1) is 9.67. The van der Waals surface area contributed by atoms with E-state index in [9.17, 15) is 4.79 Å². The minimum atomic E-state index is -0.383. The molecule has 0 aliphatic carbocycles. The third-order valence-corrected chi connectivity index (χ3v) is 1.84. The summed E-state index contributed by atoms with van der Waals surface area (Å²) < 4.78 is 4.56. The van der Waals surface area contributed by atoms with Crippen LogP contribution in [0.1, 0.15) is 10.5 Å². The van der Waals surface area contributed by atoms with E-state index in [1.54, 1.807) is 18.2 Å². The first-order valence-electron chi connectivity index (χ1n) is 4.10. The lowest BCUT2D eigenvalue weighted by Crippen LogP contribution is -2.13. The maximum Gasteiger partial charge on any atom is 0.275 e. The van der Waals surface area contributed by atoms with Crippen LogP contribution in [0.2, 0.25) is 5.15 Å². The van der Waals surface area contributed by atoms with Crippen molar-refractivity contribution in [3.8, 4) is 0 Å². The zero-order chi connectivity index (χ0) is 10.7. The van der Waals surface area contributed by atoms with Gasteiger partial charge in [0.05, 0.1) is 0 Å². The van der Waals surface area contributed by atoms with E-state index in [4.69, 9.17) is 11.6 Å². The fourth-order valence-corrected chi connectivity index (χ4v) is 1.16. The molecule has 0 atom stereocenters. The van der Waals surface area contributed by atoms with Crippen LogP contribution in [-0.4, -0.2) is 16.0 Å². The van der Waals surface area contributed by atoms with Gasteiger partial charge in [-0.2, -0.15) is 0 Å². The van der Waals surface area contributed by atoms with E-state index < -0.39 is 0 Å². The van der Waals surface area contributed by atoms with Crippen molar-refractivity contribution in [2.75, 3.05) is 5.32 Å². The molecule has 0 aromatic carbocycles. The van der Waals surface area contributed by atoms with Crippen LogP contribution in [0.5, 0.6) is 0 Å². The van der Waals surface area contributed by atoms with E-state index in [0.717, 1.165) is 0 Å². The molecule has 0 unspecified atom stereocenters. The summed E-state index contributed by atoms with van der Waals surface area (Å²) in [5, 5.41) is 6.30. The van der Waals surface area contributed by atoms with E-state index in [-0.39, 0.29) is 16.8 Å². The Morgan fingerprint density at radius 1 is 1.40 bits per heavy atom. The van der Waals surface area contributed by atoms with Crippen LogP contribution >= 0.6 is 11.6 Å². The molecule has 2 rings (SSSR count). The second kappa shape index (κ2) is 4.10. The number of pyridine rings is 1. The summed E-state index contributed by atoms with van der Waals surface area (Å²) in [6.45, 7) is 0. The van der Waals surface area contributed by atoms with Gasteiger partial charge in [0.25, 0.3) is 5.91 Å². The third kappa shape index (κ3) is 2.32. The van der Waals surface area contributed by atoms with Gasteiger partial charge in [-0.05, 0) is 12.1 Å². The van der Waals surface area contributed by atoms with E-state index in [2.05, 4.69) is 20.0 Å². The van der Waals surface area contributed by atoms with Crippen molar-refractivity contribution in [2.45, 2.75) is 0 Å². The standard InChI is InChI=1S/C9H6ClN3O2/c10-7-3-1-2-6(11-7)9(14)12-8-4-5-15-13-8/h1-5H,(H,12,13,14). The van der Waals surface area contributed by atoms with Crippen LogP contribution in [-0.2, 0) is 0 Å². The van der Waals surface area contributed by atoms with Crippen molar-refractivity contribution >= 4 is 23.3 Å². The average molecular weight is 224 g/mol. The lowest BCUT2D eigenvalue weighted by molar-refractivity contribution is 0.102. The Kier molecular flexibility index (Phi) is 2.64. The number of carbonyl (C=O) groups excluding carboxylic acids is 1. The van der Waals surface area contributed by atoms with Crippen molar-refractivity contribution in [1.29, 1.82) is 0 Å². The summed E-state index contributed by atoms with van der Waals surface area (Å²) in [5.74, 6) is -0.0480. The monoisotopic (exact) mass is 223 g/mol. The molecule has 2 aromatic rings. The Hall–Kier alpha value is -1.88. The van der Waals surface area contributed by atoms with Gasteiger partial charge in [0.1, 0.15) is 17.1 Å². The van der Waals surface area contributed by atoms with Gasteiger partial charge in [0, 0.05) is 6.07 Å². The molecule has 6 heteroatoms. The van der Waals surface area contributed by atoms with Crippen molar-refractivity contribution in [3.63, 3.8) is 0 Å². The molecule has 1 amide bonds. The molecule has 0 fully saturated rings. The van der Waals surface area contributed by atoms with E-state index in [0.29, 0.717) is 5.82 Å². The molecule has 0 spiro atoms. The molecular formula is C9H6ClN3O2. The predicted octanol–water partition coefficient (Wildman–Crippen LogP) is 1.98. The van der Waals surface area contributed by atoms with E-state index in [1.165, 1.54) is 12.3 Å². The lowest BCUT2D eigenvalue weighted by Gasteiger charge is -1.99. The van der Waals surface area contributed by atoms with Crippen LogP contribution in [0.4, 0.5) is 5.82 Å². The number of halogens is 1. The summed E-state index contributed by atoms with van der Waals surface area (Å²) in [7, 11) is 0. The number of rotatable bonds is 2. The highest BCUT2D eigenvalue weighted by Gasteiger charge is 2.08. The molecule has 0 bridgehead atoms. The molecule has 0 radical (unpaired) electrons. The Bertz CT molecular complexity index is 470. The van der Waals surface area contributed by atoms with Crippen LogP contribution < -0.4 is 5.32 Å². The minimum absolute atomic E-state index is 0.227. The van der Waals surface area contributed by atoms with Gasteiger partial charge in [-0.3, -0.25) is 4.79 Å². The number of nitrogens with zero attached hydrogens (tertiary/aromatic N) is 2. The molecule has 0 aliphatic rings. The predicted molar refractivity (Wildman–Crippen MR) is 53.7 cm³/mol. The fourth-order valence-electron chi connectivity index (χ4n) is 0.992. The Morgan fingerprint density at radius 2 is 2.27 bits per heavy atom. The molecule has 0 aliphatic heterocycles. The van der Waals surface area contributed by atoms with Gasteiger partial charge in [-0.1, -0.05) is 22.8 Å². The first-order chi connectivity index (χ1) is 7.25. The Morgan fingerprint density at radius 3 is 2.93 bits per heavy atom. The van der Waals surface area contributed by atoms with Gasteiger partial charge >= 0.3 is 0 Å². The highest BCUT2D eigenvalue weighted by atomic mass is 35.5. The molecule has 15 heavy (non-hydrogen) atoms. The number of amides is 1. The third-order valence-electron chi connectivity index (χ3n) is 1.63. The van der Waals surface area contributed by atoms with Crippen molar-refractivity contribution in [1.82, 2.24) is 10.1 Å². The SMILES string of the molecule is O=C(Nc1ccon1)c1cccc(Cl)n1. The van der Waals surface area contributed by atoms with Gasteiger partial charge < -0.3 is 9.84 Å². The summed E-state index contributed by atoms with van der Waals surface area (Å²) >= 11 is 5.65. The number of nitrogens with one attached hydrogen (secondary N) is 1. The number of hydrogen-bond donors (Lipinski definition) is 1. The number of anilines is 1. The van der Waals surface area contributed by atoms with E-state index >= 15 is 0 Å². The largest absolute Gasteiger partial charge is 0.363 e. The highest BCUT2D eigenvalue weighted by molar-refractivity contribution is 6.29. The molecule has 2 aromatic heterocycles. The second-order valence-corrected chi connectivity index (χ2v) is 3.07. The number of hydrogen-bond acceptors (Lipinski definition) is 4. The maximum atomic E-state index is 11.6. The smallest absolute Gasteiger partial charge is 0.275 e. The van der Waals surface area contributed by atoms with Crippen molar-refractivity contribution in [2.24, 2.45) is 0 Å². The molecular weight excluding hydrogens is 218 g/mol. The zero-order valence-electron chi connectivity index (χ0n) is 7.48.